The summed E-state index contributed by atoms with van der Waals surface area (Å²) >= 11 is 0. The van der Waals surface area contributed by atoms with E-state index >= 15 is 0 Å². The van der Waals surface area contributed by atoms with E-state index < -0.39 is 0 Å². The summed E-state index contributed by atoms with van der Waals surface area (Å²) < 4.78 is 16.1. The number of hydrogen-bond acceptors (Lipinski definition) is 3. The summed E-state index contributed by atoms with van der Waals surface area (Å²) in [5, 5.41) is 0. The van der Waals surface area contributed by atoms with Crippen LogP contribution in [0.3, 0.4) is 0 Å². The van der Waals surface area contributed by atoms with Gasteiger partial charge in [0, 0.05) is 5.92 Å². The fourth-order valence-electron chi connectivity index (χ4n) is 1.99. The molecule has 0 unspecified atom stereocenters. The van der Waals surface area contributed by atoms with Crippen LogP contribution < -0.4 is 9.47 Å². The Morgan fingerprint density at radius 2 is 2.00 bits per heavy atom. The first-order valence-corrected chi connectivity index (χ1v) is 5.25. The van der Waals surface area contributed by atoms with E-state index in [4.69, 9.17) is 14.2 Å². The highest BCUT2D eigenvalue weighted by Crippen LogP contribution is 2.36. The monoisotopic (exact) mass is 220 g/mol. The Kier molecular flexibility index (Phi) is 3.15. The minimum atomic E-state index is 0.239. The Bertz CT molecular complexity index is 398. The van der Waals surface area contributed by atoms with Gasteiger partial charge in [-0.3, -0.25) is 0 Å². The molecular formula is C13H16O3. The van der Waals surface area contributed by atoms with Crippen LogP contribution in [-0.4, -0.2) is 20.8 Å². The fraction of sp³-hybridized carbons (Fsp3) is 0.385. The fourth-order valence-corrected chi connectivity index (χ4v) is 1.99. The predicted molar refractivity (Wildman–Crippen MR) is 62.1 cm³/mol. The molecular weight excluding hydrogens is 204 g/mol. The minimum Gasteiger partial charge on any atom is -0.493 e. The van der Waals surface area contributed by atoms with E-state index in [1.54, 1.807) is 14.2 Å². The van der Waals surface area contributed by atoms with Crippen LogP contribution in [0.4, 0.5) is 0 Å². The number of ether oxygens (including phenoxy) is 3. The number of benzene rings is 1. The number of methoxy groups -OCH3 is 2. The Labute approximate surface area is 95.6 Å². The molecule has 16 heavy (non-hydrogen) atoms. The third-order valence-corrected chi connectivity index (χ3v) is 2.88. The quantitative estimate of drug-likeness (QED) is 0.732. The number of fused-ring (bicyclic) bond motifs is 1. The zero-order valence-corrected chi connectivity index (χ0v) is 9.66. The van der Waals surface area contributed by atoms with Gasteiger partial charge >= 0.3 is 0 Å². The Balaban J connectivity index is 2.50. The largest absolute Gasteiger partial charge is 0.493 e. The van der Waals surface area contributed by atoms with Gasteiger partial charge in [-0.25, -0.2) is 0 Å². The van der Waals surface area contributed by atoms with Gasteiger partial charge < -0.3 is 14.2 Å². The number of hydrogen-bond donors (Lipinski definition) is 0. The minimum absolute atomic E-state index is 0.239. The molecule has 0 radical (unpaired) electrons. The van der Waals surface area contributed by atoms with E-state index in [1.165, 1.54) is 5.56 Å². The lowest BCUT2D eigenvalue weighted by Gasteiger charge is -2.24. The first kappa shape index (κ1) is 11.0. The molecule has 0 aliphatic carbocycles. The summed E-state index contributed by atoms with van der Waals surface area (Å²) in [4.78, 5) is 0. The van der Waals surface area contributed by atoms with E-state index in [9.17, 15) is 0 Å². The lowest BCUT2D eigenvalue weighted by molar-refractivity contribution is 0.101. The molecule has 1 aliphatic rings. The zero-order chi connectivity index (χ0) is 11.5. The Hall–Kier alpha value is -1.48. The van der Waals surface area contributed by atoms with Crippen LogP contribution in [0, 0.1) is 0 Å². The molecule has 0 aromatic heterocycles. The third-order valence-electron chi connectivity index (χ3n) is 2.88. The highest BCUT2D eigenvalue weighted by Gasteiger charge is 2.21. The molecule has 0 spiro atoms. The van der Waals surface area contributed by atoms with Crippen molar-refractivity contribution in [3.63, 3.8) is 0 Å². The first-order valence-electron chi connectivity index (χ1n) is 5.25. The van der Waals surface area contributed by atoms with Crippen molar-refractivity contribution in [2.24, 2.45) is 0 Å². The molecule has 86 valence electrons. The molecule has 0 fully saturated rings. The second kappa shape index (κ2) is 4.58. The highest BCUT2D eigenvalue weighted by molar-refractivity contribution is 5.49. The van der Waals surface area contributed by atoms with Gasteiger partial charge in [0.2, 0.25) is 0 Å². The molecule has 0 saturated heterocycles. The summed E-state index contributed by atoms with van der Waals surface area (Å²) in [7, 11) is 3.28. The molecule has 0 amide bonds. The maximum Gasteiger partial charge on any atom is 0.161 e. The standard InChI is InChI=1S/C13H16O3/c1-4-9-7-16-8-10-5-12(14-2)13(15-3)6-11(9)10/h4-6,9H,1,7-8H2,2-3H3/t9-/m1/s1. The van der Waals surface area contributed by atoms with Gasteiger partial charge in [0.05, 0.1) is 27.4 Å². The van der Waals surface area contributed by atoms with E-state index in [-0.39, 0.29) is 5.92 Å². The second-order valence-electron chi connectivity index (χ2n) is 3.76. The smallest absolute Gasteiger partial charge is 0.161 e. The predicted octanol–water partition coefficient (Wildman–Crippen LogP) is 2.50. The zero-order valence-electron chi connectivity index (χ0n) is 9.66. The average Bonchev–Trinajstić information content (AvgIpc) is 2.36. The molecule has 2 rings (SSSR count). The van der Waals surface area contributed by atoms with Crippen molar-refractivity contribution in [1.29, 1.82) is 0 Å². The molecule has 3 heteroatoms. The van der Waals surface area contributed by atoms with E-state index in [0.29, 0.717) is 13.2 Å². The van der Waals surface area contributed by atoms with Gasteiger partial charge in [-0.05, 0) is 23.3 Å². The van der Waals surface area contributed by atoms with Crippen LogP contribution in [0.15, 0.2) is 24.8 Å². The Morgan fingerprint density at radius 3 is 2.62 bits per heavy atom. The lowest BCUT2D eigenvalue weighted by Crippen LogP contribution is -2.15. The van der Waals surface area contributed by atoms with Crippen LogP contribution in [0.5, 0.6) is 11.5 Å². The van der Waals surface area contributed by atoms with Crippen molar-refractivity contribution < 1.29 is 14.2 Å². The topological polar surface area (TPSA) is 27.7 Å². The van der Waals surface area contributed by atoms with Gasteiger partial charge in [0.15, 0.2) is 11.5 Å². The first-order chi connectivity index (χ1) is 7.80. The average molecular weight is 220 g/mol. The molecule has 3 nitrogen and oxygen atoms in total. The van der Waals surface area contributed by atoms with Crippen LogP contribution in [-0.2, 0) is 11.3 Å². The van der Waals surface area contributed by atoms with E-state index in [1.807, 2.05) is 18.2 Å². The molecule has 1 aliphatic heterocycles. The second-order valence-corrected chi connectivity index (χ2v) is 3.76. The van der Waals surface area contributed by atoms with Crippen molar-refractivity contribution in [2.45, 2.75) is 12.5 Å². The van der Waals surface area contributed by atoms with Crippen molar-refractivity contribution in [3.8, 4) is 11.5 Å². The van der Waals surface area contributed by atoms with Gasteiger partial charge in [0.25, 0.3) is 0 Å². The summed E-state index contributed by atoms with van der Waals surface area (Å²) in [5.74, 6) is 1.74. The lowest BCUT2D eigenvalue weighted by atomic mass is 9.92. The maximum atomic E-state index is 5.50. The van der Waals surface area contributed by atoms with Crippen molar-refractivity contribution in [3.05, 3.63) is 35.9 Å². The van der Waals surface area contributed by atoms with Crippen LogP contribution in [0.1, 0.15) is 17.0 Å². The Morgan fingerprint density at radius 1 is 1.31 bits per heavy atom. The van der Waals surface area contributed by atoms with Gasteiger partial charge in [0.1, 0.15) is 0 Å². The molecule has 1 aromatic rings. The molecule has 1 atom stereocenters. The molecule has 1 aromatic carbocycles. The molecule has 0 bridgehead atoms. The third kappa shape index (κ3) is 1.78. The van der Waals surface area contributed by atoms with Crippen LogP contribution >= 0.6 is 0 Å². The van der Waals surface area contributed by atoms with Gasteiger partial charge in [-0.2, -0.15) is 0 Å². The van der Waals surface area contributed by atoms with Gasteiger partial charge in [-0.1, -0.05) is 6.08 Å². The van der Waals surface area contributed by atoms with Crippen molar-refractivity contribution in [1.82, 2.24) is 0 Å². The summed E-state index contributed by atoms with van der Waals surface area (Å²) in [6, 6.07) is 3.99. The van der Waals surface area contributed by atoms with E-state index in [2.05, 4.69) is 6.58 Å². The SMILES string of the molecule is C=C[C@@H]1COCc2cc(OC)c(OC)cc21. The van der Waals surface area contributed by atoms with Crippen molar-refractivity contribution >= 4 is 0 Å². The summed E-state index contributed by atoms with van der Waals surface area (Å²) in [6.45, 7) is 5.14. The normalized spacial score (nSPS) is 18.8. The van der Waals surface area contributed by atoms with Crippen LogP contribution in [0.2, 0.25) is 0 Å². The molecule has 1 heterocycles. The number of rotatable bonds is 3. The summed E-state index contributed by atoms with van der Waals surface area (Å²) in [5.41, 5.74) is 2.37. The van der Waals surface area contributed by atoms with Crippen molar-refractivity contribution in [2.75, 3.05) is 20.8 Å². The summed E-state index contributed by atoms with van der Waals surface area (Å²) in [6.07, 6.45) is 1.91. The highest BCUT2D eigenvalue weighted by atomic mass is 16.5. The maximum absolute atomic E-state index is 5.50. The van der Waals surface area contributed by atoms with E-state index in [0.717, 1.165) is 17.1 Å². The molecule has 0 N–H and O–H groups in total. The molecule has 0 saturated carbocycles. The van der Waals surface area contributed by atoms with Gasteiger partial charge in [-0.15, -0.1) is 6.58 Å². The van der Waals surface area contributed by atoms with Crippen LogP contribution in [0.25, 0.3) is 0 Å².